The number of aryl methyl sites for hydroxylation is 1. The first kappa shape index (κ1) is 26.8. The number of alkyl halides is 3. The van der Waals surface area contributed by atoms with Gasteiger partial charge in [0.25, 0.3) is 0 Å². The summed E-state index contributed by atoms with van der Waals surface area (Å²) in [7, 11) is 1.84. The molecule has 0 spiro atoms. The molecule has 2 aromatic heterocycles. The predicted octanol–water partition coefficient (Wildman–Crippen LogP) is 4.32. The van der Waals surface area contributed by atoms with Crippen molar-refractivity contribution in [1.29, 1.82) is 0 Å². The van der Waals surface area contributed by atoms with Gasteiger partial charge in [0, 0.05) is 25.9 Å². The Kier molecular flexibility index (Phi) is 6.85. The molecule has 13 heteroatoms. The molecule has 2 fully saturated rings. The molecule has 214 valence electrons. The summed E-state index contributed by atoms with van der Waals surface area (Å²) in [6, 6.07) is 9.32. The number of nitrogens with zero attached hydrogens (tertiary/aromatic N) is 5. The maximum Gasteiger partial charge on any atom is 0.573 e. The van der Waals surface area contributed by atoms with Crippen molar-refractivity contribution in [2.24, 2.45) is 0 Å². The smallest absolute Gasteiger partial charge is 0.425 e. The molecule has 2 aliphatic heterocycles. The number of anilines is 1. The summed E-state index contributed by atoms with van der Waals surface area (Å²) >= 11 is 0. The molecule has 1 aliphatic carbocycles. The summed E-state index contributed by atoms with van der Waals surface area (Å²) in [5.74, 6) is 0.295. The monoisotopic (exact) mass is 561 g/mol. The number of hydrogen-bond donors (Lipinski definition) is 1. The van der Waals surface area contributed by atoms with Gasteiger partial charge in [0.2, 0.25) is 0 Å². The predicted molar refractivity (Wildman–Crippen MR) is 136 cm³/mol. The normalized spacial score (nSPS) is 22.0. The third-order valence-electron chi connectivity index (χ3n) is 7.19. The highest BCUT2D eigenvalue weighted by atomic mass is 19.4. The summed E-state index contributed by atoms with van der Waals surface area (Å²) in [5.41, 5.74) is 1.89. The number of fused-ring (bicyclic) bond motifs is 3. The molecule has 1 aromatic carbocycles. The molecule has 3 aromatic rings. The quantitative estimate of drug-likeness (QED) is 0.403. The van der Waals surface area contributed by atoms with E-state index in [0.29, 0.717) is 25.5 Å². The van der Waals surface area contributed by atoms with Crippen molar-refractivity contribution < 1.29 is 37.2 Å². The number of rotatable bonds is 8. The molecule has 4 heterocycles. The first-order valence-corrected chi connectivity index (χ1v) is 13.0. The molecular weight excluding hydrogens is 531 g/mol. The van der Waals surface area contributed by atoms with Crippen LogP contribution < -0.4 is 14.4 Å². The summed E-state index contributed by atoms with van der Waals surface area (Å²) in [4.78, 5) is 13.2. The Hall–Kier alpha value is -3.39. The number of pyridine rings is 1. The van der Waals surface area contributed by atoms with E-state index in [1.165, 1.54) is 18.2 Å². The fourth-order valence-electron chi connectivity index (χ4n) is 4.77. The van der Waals surface area contributed by atoms with E-state index in [0.717, 1.165) is 35.9 Å². The number of aromatic nitrogens is 3. The van der Waals surface area contributed by atoms with Crippen LogP contribution in [0.2, 0.25) is 0 Å². The van der Waals surface area contributed by atoms with Gasteiger partial charge in [0.15, 0.2) is 5.82 Å². The average molecular weight is 562 g/mol. The van der Waals surface area contributed by atoms with Gasteiger partial charge in [-0.3, -0.25) is 14.5 Å². The molecule has 1 saturated heterocycles. The van der Waals surface area contributed by atoms with Crippen LogP contribution in [0.3, 0.4) is 0 Å². The highest BCUT2D eigenvalue weighted by molar-refractivity contribution is 5.50. The summed E-state index contributed by atoms with van der Waals surface area (Å²) < 4.78 is 62.5. The van der Waals surface area contributed by atoms with Crippen molar-refractivity contribution in [3.63, 3.8) is 0 Å². The highest BCUT2D eigenvalue weighted by Gasteiger charge is 2.51. The number of epoxide rings is 1. The largest absolute Gasteiger partial charge is 0.573 e. The molecule has 0 radical (unpaired) electrons. The number of imidazole rings is 1. The van der Waals surface area contributed by atoms with E-state index < -0.39 is 17.7 Å². The molecule has 1 N–H and O–H groups in total. The second-order valence-corrected chi connectivity index (χ2v) is 10.5. The Morgan fingerprint density at radius 2 is 1.95 bits per heavy atom. The van der Waals surface area contributed by atoms with E-state index in [-0.39, 0.29) is 37.4 Å². The Labute approximate surface area is 228 Å². The lowest BCUT2D eigenvalue weighted by molar-refractivity contribution is -0.274. The van der Waals surface area contributed by atoms with Gasteiger partial charge in [-0.15, -0.1) is 13.2 Å². The molecule has 6 rings (SSSR count). The van der Waals surface area contributed by atoms with Crippen LogP contribution in [0.15, 0.2) is 42.6 Å². The molecule has 2 unspecified atom stereocenters. The lowest BCUT2D eigenvalue weighted by Gasteiger charge is -2.22. The molecule has 1 saturated carbocycles. The summed E-state index contributed by atoms with van der Waals surface area (Å²) in [5, 5.41) is 10.4. The summed E-state index contributed by atoms with van der Waals surface area (Å²) in [6.07, 6.45) is -1.48. The van der Waals surface area contributed by atoms with Gasteiger partial charge in [-0.25, -0.2) is 0 Å². The van der Waals surface area contributed by atoms with Gasteiger partial charge < -0.3 is 29.0 Å². The Morgan fingerprint density at radius 3 is 2.67 bits per heavy atom. The Balaban J connectivity index is 1.35. The number of hydrogen-bond acceptors (Lipinski definition) is 9. The SMILES string of the molecule is Cc1ccc(Cn2c(Oc3cccc(OC(F)(F)F)c3)nc3c2C2OC2N(CCC2(O)CC2)COCN3C)nc1. The third kappa shape index (κ3) is 6.02. The van der Waals surface area contributed by atoms with Gasteiger partial charge in [0.1, 0.15) is 37.3 Å². The van der Waals surface area contributed by atoms with Crippen LogP contribution in [0.25, 0.3) is 0 Å². The minimum absolute atomic E-state index is 0.126. The van der Waals surface area contributed by atoms with E-state index in [2.05, 4.69) is 14.6 Å². The first-order chi connectivity index (χ1) is 19.1. The van der Waals surface area contributed by atoms with Gasteiger partial charge in [0.05, 0.1) is 23.5 Å². The second kappa shape index (κ2) is 10.2. The molecule has 2 atom stereocenters. The van der Waals surface area contributed by atoms with E-state index in [9.17, 15) is 18.3 Å². The van der Waals surface area contributed by atoms with Crippen LogP contribution in [0.5, 0.6) is 17.5 Å². The van der Waals surface area contributed by atoms with Gasteiger partial charge in [-0.05, 0) is 49.9 Å². The van der Waals surface area contributed by atoms with Crippen LogP contribution in [0, 0.1) is 6.92 Å². The molecule has 40 heavy (non-hydrogen) atoms. The van der Waals surface area contributed by atoms with E-state index >= 15 is 0 Å². The lowest BCUT2D eigenvalue weighted by Crippen LogP contribution is -2.34. The van der Waals surface area contributed by atoms with Crippen molar-refractivity contribution in [3.05, 3.63) is 59.5 Å². The highest BCUT2D eigenvalue weighted by Crippen LogP contribution is 2.48. The van der Waals surface area contributed by atoms with Crippen molar-refractivity contribution in [3.8, 4) is 17.5 Å². The topological polar surface area (TPSA) is 97.6 Å². The van der Waals surface area contributed by atoms with E-state index in [4.69, 9.17) is 19.2 Å². The average Bonchev–Trinajstić information content (AvgIpc) is 3.80. The molecule has 10 nitrogen and oxygen atoms in total. The van der Waals surface area contributed by atoms with Crippen LogP contribution in [-0.4, -0.2) is 69.8 Å². The van der Waals surface area contributed by atoms with Gasteiger partial charge >= 0.3 is 12.4 Å². The number of benzene rings is 1. The van der Waals surface area contributed by atoms with Crippen LogP contribution >= 0.6 is 0 Å². The number of ether oxygens (including phenoxy) is 4. The fourth-order valence-corrected chi connectivity index (χ4v) is 4.77. The molecule has 0 amide bonds. The molecule has 3 aliphatic rings. The lowest BCUT2D eigenvalue weighted by atomic mass is 10.2. The number of aliphatic hydroxyl groups is 1. The van der Waals surface area contributed by atoms with Gasteiger partial charge in [-0.2, -0.15) is 4.98 Å². The number of halogens is 3. The molecule has 0 bridgehead atoms. The molecular formula is C27H30F3N5O5. The van der Waals surface area contributed by atoms with E-state index in [1.54, 1.807) is 6.20 Å². The van der Waals surface area contributed by atoms with Crippen molar-refractivity contribution in [2.75, 3.05) is 32.0 Å². The van der Waals surface area contributed by atoms with Crippen LogP contribution in [-0.2, 0) is 16.0 Å². The van der Waals surface area contributed by atoms with Crippen molar-refractivity contribution >= 4 is 5.82 Å². The summed E-state index contributed by atoms with van der Waals surface area (Å²) in [6.45, 7) is 3.42. The fraction of sp³-hybridized carbons (Fsp3) is 0.481. The minimum atomic E-state index is -4.83. The Bertz CT molecular complexity index is 1360. The maximum absolute atomic E-state index is 12.8. The second-order valence-electron chi connectivity index (χ2n) is 10.5. The van der Waals surface area contributed by atoms with E-state index in [1.807, 2.05) is 35.6 Å². The first-order valence-electron chi connectivity index (χ1n) is 13.0. The van der Waals surface area contributed by atoms with Crippen LogP contribution in [0.4, 0.5) is 19.0 Å². The Morgan fingerprint density at radius 1 is 1.15 bits per heavy atom. The van der Waals surface area contributed by atoms with Crippen molar-refractivity contribution in [1.82, 2.24) is 19.4 Å². The maximum atomic E-state index is 12.8. The minimum Gasteiger partial charge on any atom is -0.425 e. The zero-order valence-electron chi connectivity index (χ0n) is 22.1. The van der Waals surface area contributed by atoms with Crippen LogP contribution in [0.1, 0.15) is 42.3 Å². The van der Waals surface area contributed by atoms with Crippen molar-refractivity contribution in [2.45, 2.75) is 57.0 Å². The van der Waals surface area contributed by atoms with Gasteiger partial charge in [-0.1, -0.05) is 12.1 Å². The standard InChI is InChI=1S/C27H30F3N5O5/c1-17-6-7-18(31-13-17)14-35-21-22-24(39-22)34(11-10-26(36)8-9-26)16-37-15-33(2)23(21)32-25(35)38-19-4-3-5-20(12-19)40-27(28,29)30/h3-7,12-13,22,24,36H,8-11,14-16H2,1-2H3. The third-order valence-corrected chi connectivity index (χ3v) is 7.19. The zero-order chi connectivity index (χ0) is 28.1. The zero-order valence-corrected chi connectivity index (χ0v) is 22.1.